The van der Waals surface area contributed by atoms with Gasteiger partial charge in [0.15, 0.2) is 6.04 Å². The van der Waals surface area contributed by atoms with Crippen LogP contribution < -0.4 is 0 Å². The Kier molecular flexibility index (Phi) is 4.27. The summed E-state index contributed by atoms with van der Waals surface area (Å²) in [5.41, 5.74) is 0.913. The average molecular weight is 356 g/mol. The summed E-state index contributed by atoms with van der Waals surface area (Å²) in [6, 6.07) is 4.38. The van der Waals surface area contributed by atoms with Crippen LogP contribution in [0.2, 0.25) is 0 Å². The normalized spacial score (nSPS) is 18.1. The van der Waals surface area contributed by atoms with Crippen molar-refractivity contribution >= 4 is 28.0 Å². The molecule has 0 radical (unpaired) electrons. The molecular formula is C15H18BrNO4. The largest absolute Gasteiger partial charge is 0.479 e. The van der Waals surface area contributed by atoms with E-state index in [9.17, 15) is 14.7 Å². The molecule has 0 fully saturated rings. The molecule has 0 saturated heterocycles. The minimum atomic E-state index is -1.06. The van der Waals surface area contributed by atoms with Crippen LogP contribution in [0.3, 0.4) is 0 Å². The fraction of sp³-hybridized carbons (Fsp3) is 0.467. The molecule has 0 aliphatic carbocycles. The number of hydrogen-bond acceptors (Lipinski definition) is 3. The molecule has 0 unspecified atom stereocenters. The van der Waals surface area contributed by atoms with Gasteiger partial charge in [-0.1, -0.05) is 28.1 Å². The van der Waals surface area contributed by atoms with Crippen LogP contribution in [-0.4, -0.2) is 34.2 Å². The van der Waals surface area contributed by atoms with Gasteiger partial charge < -0.3 is 9.84 Å². The van der Waals surface area contributed by atoms with Gasteiger partial charge in [0.2, 0.25) is 0 Å². The highest BCUT2D eigenvalue weighted by atomic mass is 79.9. The molecule has 1 aromatic rings. The molecule has 0 aromatic heterocycles. The third-order valence-electron chi connectivity index (χ3n) is 3.23. The molecule has 0 saturated carbocycles. The SMILES string of the molecule is CC(C)(C)OC(=O)N1CCc2c(Br)cccc2[C@H]1C(=O)O. The number of rotatable bonds is 1. The van der Waals surface area contributed by atoms with Gasteiger partial charge in [0.25, 0.3) is 0 Å². The first kappa shape index (κ1) is 15.8. The topological polar surface area (TPSA) is 66.8 Å². The fourth-order valence-electron chi connectivity index (χ4n) is 2.41. The van der Waals surface area contributed by atoms with Crippen molar-refractivity contribution in [3.8, 4) is 0 Å². The molecule has 114 valence electrons. The van der Waals surface area contributed by atoms with Crippen LogP contribution in [0.1, 0.15) is 37.9 Å². The van der Waals surface area contributed by atoms with E-state index in [0.717, 1.165) is 10.0 Å². The smallest absolute Gasteiger partial charge is 0.411 e. The summed E-state index contributed by atoms with van der Waals surface area (Å²) >= 11 is 3.44. The molecule has 1 aliphatic rings. The standard InChI is InChI=1S/C15H18BrNO4/c1-15(2,3)21-14(20)17-8-7-9-10(12(17)13(18)19)5-4-6-11(9)16/h4-6,12H,7-8H2,1-3H3,(H,18,19)/t12-/m0/s1. The number of halogens is 1. The van der Waals surface area contributed by atoms with Crippen molar-refractivity contribution in [3.63, 3.8) is 0 Å². The first-order chi connectivity index (χ1) is 9.70. The predicted molar refractivity (Wildman–Crippen MR) is 81.2 cm³/mol. The molecule has 1 atom stereocenters. The summed E-state index contributed by atoms with van der Waals surface area (Å²) in [6.07, 6.45) is 0.000268. The number of aliphatic carboxylic acids is 1. The Hall–Kier alpha value is -1.56. The van der Waals surface area contributed by atoms with E-state index in [1.165, 1.54) is 4.90 Å². The number of carbonyl (C=O) groups excluding carboxylic acids is 1. The van der Waals surface area contributed by atoms with E-state index in [2.05, 4.69) is 15.9 Å². The Morgan fingerprint density at radius 1 is 1.38 bits per heavy atom. The zero-order valence-electron chi connectivity index (χ0n) is 12.2. The van der Waals surface area contributed by atoms with E-state index in [4.69, 9.17) is 4.74 Å². The van der Waals surface area contributed by atoms with Crippen LogP contribution in [0.25, 0.3) is 0 Å². The quantitative estimate of drug-likeness (QED) is 0.838. The van der Waals surface area contributed by atoms with Crippen molar-refractivity contribution in [1.82, 2.24) is 4.90 Å². The van der Waals surface area contributed by atoms with Gasteiger partial charge in [-0.3, -0.25) is 4.90 Å². The number of carboxylic acids is 1. The van der Waals surface area contributed by atoms with Crippen molar-refractivity contribution in [2.75, 3.05) is 6.54 Å². The van der Waals surface area contributed by atoms with Gasteiger partial charge in [-0.25, -0.2) is 9.59 Å². The van der Waals surface area contributed by atoms with Crippen molar-refractivity contribution in [3.05, 3.63) is 33.8 Å². The zero-order chi connectivity index (χ0) is 15.8. The highest BCUT2D eigenvalue weighted by Gasteiger charge is 2.38. The highest BCUT2D eigenvalue weighted by molar-refractivity contribution is 9.10. The van der Waals surface area contributed by atoms with Crippen LogP contribution >= 0.6 is 15.9 Å². The number of ether oxygens (including phenoxy) is 1. The van der Waals surface area contributed by atoms with E-state index in [1.807, 2.05) is 6.07 Å². The maximum absolute atomic E-state index is 12.3. The average Bonchev–Trinajstić information content (AvgIpc) is 2.35. The first-order valence-electron chi connectivity index (χ1n) is 6.70. The molecule has 5 nitrogen and oxygen atoms in total. The molecule has 1 aromatic carbocycles. The number of carbonyl (C=O) groups is 2. The summed E-state index contributed by atoms with van der Waals surface area (Å²) in [5.74, 6) is -1.06. The van der Waals surface area contributed by atoms with E-state index in [1.54, 1.807) is 32.9 Å². The second-order valence-corrected chi connectivity index (χ2v) is 6.83. The van der Waals surface area contributed by atoms with Crippen molar-refractivity contribution in [2.45, 2.75) is 38.8 Å². The molecule has 0 bridgehead atoms. The Bertz CT molecular complexity index is 580. The third kappa shape index (κ3) is 3.37. The number of benzene rings is 1. The molecule has 1 aliphatic heterocycles. The van der Waals surface area contributed by atoms with Gasteiger partial charge in [0, 0.05) is 11.0 Å². The zero-order valence-corrected chi connectivity index (χ0v) is 13.8. The number of hydrogen-bond donors (Lipinski definition) is 1. The summed E-state index contributed by atoms with van der Waals surface area (Å²) in [5, 5.41) is 9.53. The summed E-state index contributed by atoms with van der Waals surface area (Å²) in [4.78, 5) is 25.2. The number of amides is 1. The lowest BCUT2D eigenvalue weighted by atomic mass is 9.93. The first-order valence-corrected chi connectivity index (χ1v) is 7.50. The second kappa shape index (κ2) is 5.67. The molecule has 0 spiro atoms. The Balaban J connectivity index is 2.37. The Morgan fingerprint density at radius 3 is 2.62 bits per heavy atom. The van der Waals surface area contributed by atoms with Crippen LogP contribution in [-0.2, 0) is 16.0 Å². The summed E-state index contributed by atoms with van der Waals surface area (Å²) < 4.78 is 6.19. The Labute approximate surface area is 132 Å². The van der Waals surface area contributed by atoms with Crippen LogP contribution in [0, 0.1) is 0 Å². The van der Waals surface area contributed by atoms with Crippen LogP contribution in [0.5, 0.6) is 0 Å². The molecule has 2 rings (SSSR count). The van der Waals surface area contributed by atoms with E-state index < -0.39 is 23.7 Å². The van der Waals surface area contributed by atoms with Gasteiger partial charge >= 0.3 is 12.1 Å². The van der Waals surface area contributed by atoms with E-state index in [0.29, 0.717) is 18.5 Å². The Morgan fingerprint density at radius 2 is 2.05 bits per heavy atom. The van der Waals surface area contributed by atoms with Gasteiger partial charge in [-0.05, 0) is 44.4 Å². The van der Waals surface area contributed by atoms with Gasteiger partial charge in [0.1, 0.15) is 5.60 Å². The number of nitrogens with zero attached hydrogens (tertiary/aromatic N) is 1. The lowest BCUT2D eigenvalue weighted by molar-refractivity contribution is -0.143. The predicted octanol–water partition coefficient (Wildman–Crippen LogP) is 3.37. The van der Waals surface area contributed by atoms with Gasteiger partial charge in [-0.15, -0.1) is 0 Å². The number of carboxylic acid groups (broad SMARTS) is 1. The summed E-state index contributed by atoms with van der Waals surface area (Å²) in [7, 11) is 0. The molecule has 6 heteroatoms. The van der Waals surface area contributed by atoms with Crippen molar-refractivity contribution in [2.24, 2.45) is 0 Å². The fourth-order valence-corrected chi connectivity index (χ4v) is 2.99. The van der Waals surface area contributed by atoms with Gasteiger partial charge in [-0.2, -0.15) is 0 Å². The van der Waals surface area contributed by atoms with E-state index >= 15 is 0 Å². The van der Waals surface area contributed by atoms with Crippen molar-refractivity contribution in [1.29, 1.82) is 0 Å². The molecular weight excluding hydrogens is 338 g/mol. The maximum atomic E-state index is 12.3. The monoisotopic (exact) mass is 355 g/mol. The van der Waals surface area contributed by atoms with E-state index in [-0.39, 0.29) is 0 Å². The van der Waals surface area contributed by atoms with Crippen LogP contribution in [0.4, 0.5) is 4.79 Å². The van der Waals surface area contributed by atoms with Gasteiger partial charge in [0.05, 0.1) is 0 Å². The molecule has 1 amide bonds. The highest BCUT2D eigenvalue weighted by Crippen LogP contribution is 2.34. The van der Waals surface area contributed by atoms with Crippen molar-refractivity contribution < 1.29 is 19.4 Å². The molecule has 1 heterocycles. The second-order valence-electron chi connectivity index (χ2n) is 5.97. The third-order valence-corrected chi connectivity index (χ3v) is 3.97. The molecule has 1 N–H and O–H groups in total. The molecule has 21 heavy (non-hydrogen) atoms. The minimum Gasteiger partial charge on any atom is -0.479 e. The minimum absolute atomic E-state index is 0.321. The lowest BCUT2D eigenvalue weighted by Gasteiger charge is -2.36. The lowest BCUT2D eigenvalue weighted by Crippen LogP contribution is -2.45. The summed E-state index contributed by atoms with van der Waals surface area (Å²) in [6.45, 7) is 5.60. The number of fused-ring (bicyclic) bond motifs is 1. The van der Waals surface area contributed by atoms with Crippen LogP contribution in [0.15, 0.2) is 22.7 Å². The maximum Gasteiger partial charge on any atom is 0.411 e.